The first kappa shape index (κ1) is 12.5. The van der Waals surface area contributed by atoms with Crippen LogP contribution in [0, 0.1) is 10.8 Å². The molecule has 1 saturated carbocycles. The van der Waals surface area contributed by atoms with Crippen LogP contribution in [0.3, 0.4) is 0 Å². The highest BCUT2D eigenvalue weighted by Crippen LogP contribution is 2.62. The minimum Gasteiger partial charge on any atom is -0.480 e. The number of fused-ring (bicyclic) bond motifs is 2. The number of carbonyl (C=O) groups excluding carboxylic acids is 2. The number of aliphatic carboxylic acids is 1. The van der Waals surface area contributed by atoms with Crippen molar-refractivity contribution in [2.24, 2.45) is 10.8 Å². The van der Waals surface area contributed by atoms with Crippen LogP contribution in [-0.2, 0) is 19.1 Å². The Kier molecular flexibility index (Phi) is 2.44. The Morgan fingerprint density at radius 1 is 1.47 bits per heavy atom. The molecule has 0 aromatic rings. The summed E-state index contributed by atoms with van der Waals surface area (Å²) in [5, 5.41) is 9.52. The average Bonchev–Trinajstić information content (AvgIpc) is 2.33. The molecule has 0 spiro atoms. The molecule has 2 aliphatic rings. The van der Waals surface area contributed by atoms with Crippen LogP contribution >= 0.6 is 15.9 Å². The van der Waals surface area contributed by atoms with Gasteiger partial charge in [0.1, 0.15) is 0 Å². The first-order valence-electron chi connectivity index (χ1n) is 5.32. The largest absolute Gasteiger partial charge is 0.480 e. The van der Waals surface area contributed by atoms with E-state index in [4.69, 9.17) is 4.74 Å². The molecule has 2 fully saturated rings. The quantitative estimate of drug-likeness (QED) is 0.470. The summed E-state index contributed by atoms with van der Waals surface area (Å²) in [4.78, 5) is 35.5. The minimum absolute atomic E-state index is 0.0156. The Bertz CT molecular complexity index is 430. The number of rotatable bonds is 2. The van der Waals surface area contributed by atoms with Crippen LogP contribution in [0.1, 0.15) is 26.7 Å². The van der Waals surface area contributed by atoms with E-state index in [0.717, 1.165) is 0 Å². The summed E-state index contributed by atoms with van der Waals surface area (Å²) in [7, 11) is 0. The van der Waals surface area contributed by atoms with Crippen molar-refractivity contribution in [1.29, 1.82) is 0 Å². The first-order chi connectivity index (χ1) is 7.76. The Morgan fingerprint density at radius 3 is 2.53 bits per heavy atom. The van der Waals surface area contributed by atoms with Crippen LogP contribution in [0.4, 0.5) is 0 Å². The Hall–Kier alpha value is -0.910. The van der Waals surface area contributed by atoms with E-state index in [1.165, 1.54) is 0 Å². The van der Waals surface area contributed by atoms with Crippen LogP contribution in [0.5, 0.6) is 0 Å². The second kappa shape index (κ2) is 3.31. The topological polar surface area (TPSA) is 80.7 Å². The summed E-state index contributed by atoms with van der Waals surface area (Å²) in [5.41, 5.74) is -4.00. The van der Waals surface area contributed by atoms with Gasteiger partial charge in [0.15, 0.2) is 16.8 Å². The van der Waals surface area contributed by atoms with Gasteiger partial charge in [-0.3, -0.25) is 14.4 Å². The lowest BCUT2D eigenvalue weighted by molar-refractivity contribution is -0.165. The summed E-state index contributed by atoms with van der Waals surface area (Å²) in [6.45, 7) is 3.23. The van der Waals surface area contributed by atoms with Crippen molar-refractivity contribution in [3.05, 3.63) is 0 Å². The zero-order chi connectivity index (χ0) is 13.1. The van der Waals surface area contributed by atoms with E-state index in [1.54, 1.807) is 13.8 Å². The van der Waals surface area contributed by atoms with Gasteiger partial charge in [0.05, 0.1) is 5.33 Å². The zero-order valence-electron chi connectivity index (χ0n) is 9.58. The van der Waals surface area contributed by atoms with Crippen LogP contribution in [0.25, 0.3) is 0 Å². The van der Waals surface area contributed by atoms with E-state index in [-0.39, 0.29) is 24.0 Å². The third-order valence-corrected chi connectivity index (χ3v) is 5.21. The number of hydrogen-bond acceptors (Lipinski definition) is 4. The van der Waals surface area contributed by atoms with E-state index in [9.17, 15) is 19.5 Å². The number of Topliss-reactive ketones (excluding diaryl/α,β-unsaturated/α-hetero) is 1. The maximum absolute atomic E-state index is 12.0. The summed E-state index contributed by atoms with van der Waals surface area (Å²) in [5.74, 6) is -2.20. The lowest BCUT2D eigenvalue weighted by Gasteiger charge is -2.45. The van der Waals surface area contributed by atoms with Crippen molar-refractivity contribution in [2.75, 3.05) is 5.33 Å². The van der Waals surface area contributed by atoms with Crippen molar-refractivity contribution in [2.45, 2.75) is 32.3 Å². The van der Waals surface area contributed by atoms with E-state index < -0.39 is 28.4 Å². The number of esters is 1. The molecule has 0 radical (unpaired) electrons. The molecule has 1 aliphatic heterocycles. The Morgan fingerprint density at radius 2 is 2.06 bits per heavy atom. The molecule has 1 heterocycles. The van der Waals surface area contributed by atoms with Gasteiger partial charge < -0.3 is 9.84 Å². The number of hydrogen-bond donors (Lipinski definition) is 1. The molecular formula is C11H13BrO5. The van der Waals surface area contributed by atoms with E-state index >= 15 is 0 Å². The molecule has 0 unspecified atom stereocenters. The normalized spacial score (nSPS) is 39.0. The molecule has 17 heavy (non-hydrogen) atoms. The maximum Gasteiger partial charge on any atom is 0.325 e. The predicted molar refractivity (Wildman–Crippen MR) is 60.7 cm³/mol. The summed E-state index contributed by atoms with van der Waals surface area (Å²) in [6.07, 6.45) is 0.0782. The monoisotopic (exact) mass is 304 g/mol. The molecule has 2 rings (SSSR count). The fourth-order valence-electron chi connectivity index (χ4n) is 3.03. The number of carbonyl (C=O) groups is 3. The number of halogens is 1. The van der Waals surface area contributed by atoms with Crippen molar-refractivity contribution >= 4 is 33.7 Å². The minimum atomic E-state index is -1.60. The molecule has 0 aromatic heterocycles. The molecule has 6 heteroatoms. The molecule has 1 saturated heterocycles. The smallest absolute Gasteiger partial charge is 0.325 e. The number of ether oxygens (including phenoxy) is 1. The highest BCUT2D eigenvalue weighted by atomic mass is 79.9. The molecule has 1 aliphatic carbocycles. The predicted octanol–water partition coefficient (Wildman–Crippen LogP) is 1.14. The van der Waals surface area contributed by atoms with Gasteiger partial charge in [-0.05, 0) is 6.42 Å². The fourth-order valence-corrected chi connectivity index (χ4v) is 4.15. The Labute approximate surface area is 107 Å². The molecule has 0 amide bonds. The second-order valence-electron chi connectivity index (χ2n) is 5.11. The zero-order valence-corrected chi connectivity index (χ0v) is 11.2. The second-order valence-corrected chi connectivity index (χ2v) is 5.67. The van der Waals surface area contributed by atoms with E-state index in [0.29, 0.717) is 0 Å². The van der Waals surface area contributed by atoms with Crippen LogP contribution < -0.4 is 0 Å². The van der Waals surface area contributed by atoms with Crippen LogP contribution in [0.15, 0.2) is 0 Å². The first-order valence-corrected chi connectivity index (χ1v) is 6.44. The lowest BCUT2D eigenvalue weighted by Crippen LogP contribution is -2.61. The molecule has 94 valence electrons. The van der Waals surface area contributed by atoms with Crippen molar-refractivity contribution < 1.29 is 24.2 Å². The number of ketones is 1. The number of carboxylic acid groups (broad SMARTS) is 1. The lowest BCUT2D eigenvalue weighted by atomic mass is 9.53. The molecule has 0 aromatic carbocycles. The van der Waals surface area contributed by atoms with Gasteiger partial charge in [0.25, 0.3) is 0 Å². The van der Waals surface area contributed by atoms with Gasteiger partial charge in [-0.1, -0.05) is 29.8 Å². The number of carboxylic acids is 1. The molecule has 1 N–H and O–H groups in total. The third kappa shape index (κ3) is 1.07. The maximum atomic E-state index is 12.0. The Balaban J connectivity index is 2.70. The van der Waals surface area contributed by atoms with Gasteiger partial charge in [-0.2, -0.15) is 0 Å². The van der Waals surface area contributed by atoms with Gasteiger partial charge in [-0.25, -0.2) is 0 Å². The van der Waals surface area contributed by atoms with E-state index in [1.807, 2.05) is 0 Å². The molecule has 2 bridgehead atoms. The highest BCUT2D eigenvalue weighted by Gasteiger charge is 2.78. The van der Waals surface area contributed by atoms with Gasteiger partial charge in [-0.15, -0.1) is 0 Å². The SMILES string of the molecule is CC1(C)[C@]2(C(=O)O)CCC(=O)[C@]1(CBr)OC2=O. The molecule has 2 atom stereocenters. The standard InChI is InChI=1S/C11H13BrO5/c1-9(2)10(7(14)15)4-3-6(13)11(9,5-12)17-8(10)16/h3-5H2,1-2H3,(H,14,15)/t10-,11-/m0/s1. The number of alkyl halides is 1. The summed E-state index contributed by atoms with van der Waals surface area (Å²) < 4.78 is 5.20. The highest BCUT2D eigenvalue weighted by molar-refractivity contribution is 9.09. The molecule has 5 nitrogen and oxygen atoms in total. The van der Waals surface area contributed by atoms with Crippen molar-refractivity contribution in [1.82, 2.24) is 0 Å². The van der Waals surface area contributed by atoms with E-state index in [2.05, 4.69) is 15.9 Å². The molecular weight excluding hydrogens is 292 g/mol. The van der Waals surface area contributed by atoms with Crippen LogP contribution in [-0.4, -0.2) is 33.8 Å². The fraction of sp³-hybridized carbons (Fsp3) is 0.727. The average molecular weight is 305 g/mol. The van der Waals surface area contributed by atoms with Crippen LogP contribution in [0.2, 0.25) is 0 Å². The van der Waals surface area contributed by atoms with Crippen molar-refractivity contribution in [3.8, 4) is 0 Å². The summed E-state index contributed by atoms with van der Waals surface area (Å²) in [6, 6.07) is 0. The van der Waals surface area contributed by atoms with Gasteiger partial charge in [0.2, 0.25) is 0 Å². The summed E-state index contributed by atoms with van der Waals surface area (Å²) >= 11 is 3.18. The van der Waals surface area contributed by atoms with Crippen molar-refractivity contribution in [3.63, 3.8) is 0 Å². The third-order valence-electron chi connectivity index (χ3n) is 4.42. The van der Waals surface area contributed by atoms with Gasteiger partial charge in [0, 0.05) is 11.8 Å². The van der Waals surface area contributed by atoms with Gasteiger partial charge >= 0.3 is 11.9 Å².